The molecule has 1 N–H and O–H groups in total. The molecule has 0 aliphatic carbocycles. The Kier molecular flexibility index (Phi) is 4.67. The van der Waals surface area contributed by atoms with E-state index in [2.05, 4.69) is 86.4 Å². The first-order valence-electron chi connectivity index (χ1n) is 8.98. The summed E-state index contributed by atoms with van der Waals surface area (Å²) in [4.78, 5) is 11.6. The summed E-state index contributed by atoms with van der Waals surface area (Å²) in [6, 6.07) is 15.1. The highest BCUT2D eigenvalue weighted by Gasteiger charge is 2.38. The number of pyridine rings is 2. The average Bonchev–Trinajstić information content (AvgIpc) is 2.92. The number of halogens is 1. The van der Waals surface area contributed by atoms with Gasteiger partial charge in [0.15, 0.2) is 0 Å². The molecular weight excluding hydrogens is 388 g/mol. The van der Waals surface area contributed by atoms with E-state index in [0.717, 1.165) is 40.7 Å². The van der Waals surface area contributed by atoms with Gasteiger partial charge in [-0.05, 0) is 53.9 Å². The Morgan fingerprint density at radius 3 is 2.77 bits per heavy atom. The lowest BCUT2D eigenvalue weighted by Gasteiger charge is -2.31. The summed E-state index contributed by atoms with van der Waals surface area (Å²) >= 11 is 3.55. The minimum absolute atomic E-state index is 0.150. The van der Waals surface area contributed by atoms with Crippen LogP contribution in [0, 0.1) is 0 Å². The number of hydrogen-bond donors (Lipinski definition) is 1. The molecule has 0 saturated carbocycles. The van der Waals surface area contributed by atoms with Gasteiger partial charge in [0.1, 0.15) is 5.82 Å². The molecule has 3 heterocycles. The second-order valence-corrected chi connectivity index (χ2v) is 8.43. The number of rotatable bonds is 4. The second-order valence-electron chi connectivity index (χ2n) is 7.58. The highest BCUT2D eigenvalue weighted by molar-refractivity contribution is 9.10. The quantitative estimate of drug-likeness (QED) is 0.666. The molecule has 1 atom stereocenters. The summed E-state index contributed by atoms with van der Waals surface area (Å²) < 4.78 is 0.927. The molecule has 1 fully saturated rings. The number of nitrogens with zero attached hydrogens (tertiary/aromatic N) is 3. The SMILES string of the molecule is CC1(C)CC(Nc2ncc(Br)c3ncccc23)CN1Cc1ccccc1. The molecule has 0 amide bonds. The fraction of sp³-hybridized carbons (Fsp3) is 0.333. The summed E-state index contributed by atoms with van der Waals surface area (Å²) in [5.74, 6) is 0.915. The monoisotopic (exact) mass is 410 g/mol. The van der Waals surface area contributed by atoms with E-state index in [9.17, 15) is 0 Å². The number of anilines is 1. The lowest BCUT2D eigenvalue weighted by molar-refractivity contribution is 0.166. The van der Waals surface area contributed by atoms with Crippen LogP contribution >= 0.6 is 15.9 Å². The van der Waals surface area contributed by atoms with Crippen LogP contribution in [-0.4, -0.2) is 33.0 Å². The predicted octanol–water partition coefficient (Wildman–Crippen LogP) is 4.86. The van der Waals surface area contributed by atoms with Gasteiger partial charge in [0.2, 0.25) is 0 Å². The Balaban J connectivity index is 1.54. The predicted molar refractivity (Wildman–Crippen MR) is 110 cm³/mol. The third-order valence-electron chi connectivity index (χ3n) is 5.20. The molecule has 4 nitrogen and oxygen atoms in total. The molecule has 1 aliphatic heterocycles. The lowest BCUT2D eigenvalue weighted by Crippen LogP contribution is -2.37. The second kappa shape index (κ2) is 6.97. The van der Waals surface area contributed by atoms with Crippen molar-refractivity contribution in [2.24, 2.45) is 0 Å². The van der Waals surface area contributed by atoms with Gasteiger partial charge in [-0.15, -0.1) is 0 Å². The van der Waals surface area contributed by atoms with Crippen molar-refractivity contribution in [1.29, 1.82) is 0 Å². The van der Waals surface area contributed by atoms with Crippen molar-refractivity contribution < 1.29 is 0 Å². The number of benzene rings is 1. The van der Waals surface area contributed by atoms with Crippen molar-refractivity contribution in [1.82, 2.24) is 14.9 Å². The zero-order chi connectivity index (χ0) is 18.1. The van der Waals surface area contributed by atoms with Gasteiger partial charge < -0.3 is 5.32 Å². The molecule has 0 spiro atoms. The van der Waals surface area contributed by atoms with Crippen molar-refractivity contribution in [2.75, 3.05) is 11.9 Å². The molecule has 0 radical (unpaired) electrons. The third kappa shape index (κ3) is 3.46. The van der Waals surface area contributed by atoms with Gasteiger partial charge in [0.05, 0.1) is 9.99 Å². The maximum absolute atomic E-state index is 4.61. The van der Waals surface area contributed by atoms with Crippen molar-refractivity contribution in [3.8, 4) is 0 Å². The van der Waals surface area contributed by atoms with Gasteiger partial charge in [-0.25, -0.2) is 4.98 Å². The van der Waals surface area contributed by atoms with E-state index in [1.54, 1.807) is 0 Å². The van der Waals surface area contributed by atoms with Crippen LogP contribution in [0.5, 0.6) is 0 Å². The van der Waals surface area contributed by atoms with E-state index in [0.29, 0.717) is 6.04 Å². The van der Waals surface area contributed by atoms with E-state index in [1.165, 1.54) is 5.56 Å². The summed E-state index contributed by atoms with van der Waals surface area (Å²) in [5.41, 5.74) is 2.46. The molecule has 0 bridgehead atoms. The topological polar surface area (TPSA) is 41.1 Å². The average molecular weight is 411 g/mol. The number of hydrogen-bond acceptors (Lipinski definition) is 4. The zero-order valence-corrected chi connectivity index (χ0v) is 16.7. The van der Waals surface area contributed by atoms with Gasteiger partial charge >= 0.3 is 0 Å². The molecule has 1 unspecified atom stereocenters. The summed E-state index contributed by atoms with van der Waals surface area (Å²) in [7, 11) is 0. The number of aromatic nitrogens is 2. The van der Waals surface area contributed by atoms with Crippen molar-refractivity contribution in [3.05, 3.63) is 64.9 Å². The third-order valence-corrected chi connectivity index (χ3v) is 5.78. The van der Waals surface area contributed by atoms with Crippen LogP contribution in [-0.2, 0) is 6.54 Å². The number of nitrogens with one attached hydrogen (secondary N) is 1. The fourth-order valence-corrected chi connectivity index (χ4v) is 4.25. The van der Waals surface area contributed by atoms with Crippen LogP contribution in [0.3, 0.4) is 0 Å². The van der Waals surface area contributed by atoms with Gasteiger partial charge in [-0.2, -0.15) is 0 Å². The highest BCUT2D eigenvalue weighted by Crippen LogP contribution is 2.33. The van der Waals surface area contributed by atoms with Gasteiger partial charge in [-0.3, -0.25) is 9.88 Å². The van der Waals surface area contributed by atoms with Gasteiger partial charge in [-0.1, -0.05) is 30.3 Å². The largest absolute Gasteiger partial charge is 0.365 e. The molecule has 26 heavy (non-hydrogen) atoms. The minimum Gasteiger partial charge on any atom is -0.365 e. The van der Waals surface area contributed by atoms with Crippen molar-refractivity contribution in [2.45, 2.75) is 38.4 Å². The molecule has 134 valence electrons. The van der Waals surface area contributed by atoms with E-state index in [4.69, 9.17) is 0 Å². The first-order chi connectivity index (χ1) is 12.5. The van der Waals surface area contributed by atoms with Gasteiger partial charge in [0.25, 0.3) is 0 Å². The Labute approximate surface area is 162 Å². The van der Waals surface area contributed by atoms with Crippen molar-refractivity contribution >= 4 is 32.7 Å². The molecule has 5 heteroatoms. The minimum atomic E-state index is 0.150. The van der Waals surface area contributed by atoms with E-state index in [1.807, 2.05) is 18.5 Å². The lowest BCUT2D eigenvalue weighted by atomic mass is 9.99. The summed E-state index contributed by atoms with van der Waals surface area (Å²) in [5, 5.41) is 4.73. The van der Waals surface area contributed by atoms with E-state index >= 15 is 0 Å². The highest BCUT2D eigenvalue weighted by atomic mass is 79.9. The molecule has 1 aromatic carbocycles. The van der Waals surface area contributed by atoms with Gasteiger partial charge in [0, 0.05) is 42.5 Å². The normalized spacial score (nSPS) is 19.7. The van der Waals surface area contributed by atoms with E-state index in [-0.39, 0.29) is 5.54 Å². The number of likely N-dealkylation sites (tertiary alicyclic amines) is 1. The van der Waals surface area contributed by atoms with Crippen LogP contribution in [0.15, 0.2) is 59.3 Å². The Morgan fingerprint density at radius 1 is 1.15 bits per heavy atom. The molecule has 1 aliphatic rings. The van der Waals surface area contributed by atoms with Crippen LogP contribution in [0.1, 0.15) is 25.8 Å². The van der Waals surface area contributed by atoms with Crippen LogP contribution in [0.25, 0.3) is 10.9 Å². The van der Waals surface area contributed by atoms with Crippen LogP contribution < -0.4 is 5.32 Å². The molecule has 4 rings (SSSR count). The molecular formula is C21H23BrN4. The smallest absolute Gasteiger partial charge is 0.135 e. The Bertz CT molecular complexity index is 910. The van der Waals surface area contributed by atoms with E-state index < -0.39 is 0 Å². The first kappa shape index (κ1) is 17.4. The van der Waals surface area contributed by atoms with Crippen LogP contribution in [0.2, 0.25) is 0 Å². The Morgan fingerprint density at radius 2 is 1.96 bits per heavy atom. The van der Waals surface area contributed by atoms with Crippen molar-refractivity contribution in [3.63, 3.8) is 0 Å². The first-order valence-corrected chi connectivity index (χ1v) is 9.77. The maximum Gasteiger partial charge on any atom is 0.135 e. The number of fused-ring (bicyclic) bond motifs is 1. The summed E-state index contributed by atoms with van der Waals surface area (Å²) in [6.45, 7) is 6.63. The zero-order valence-electron chi connectivity index (χ0n) is 15.1. The maximum atomic E-state index is 4.61. The molecule has 2 aromatic heterocycles. The standard InChI is InChI=1S/C21H23BrN4/c1-21(2)11-16(14-26(21)13-15-7-4-3-5-8-15)25-20-17-9-6-10-23-19(17)18(22)12-24-20/h3-10,12,16H,11,13-14H2,1-2H3,(H,24,25). The molecule has 1 saturated heterocycles. The Hall–Kier alpha value is -1.98. The van der Waals surface area contributed by atoms with Crippen LogP contribution in [0.4, 0.5) is 5.82 Å². The summed E-state index contributed by atoms with van der Waals surface area (Å²) in [6.07, 6.45) is 4.73. The molecule has 3 aromatic rings. The fourth-order valence-electron chi connectivity index (χ4n) is 3.84.